The molecule has 1 aliphatic heterocycles. The summed E-state index contributed by atoms with van der Waals surface area (Å²) in [4.78, 5) is 0.230. The number of para-hydroxylation sites is 1. The summed E-state index contributed by atoms with van der Waals surface area (Å²) < 4.78 is 39.3. The number of ether oxygens (including phenoxy) is 2. The Kier molecular flexibility index (Phi) is 5.07. The molecule has 4 rings (SSSR count). The highest BCUT2D eigenvalue weighted by Gasteiger charge is 2.28. The molecule has 5 nitrogen and oxygen atoms in total. The molecular weight excluding hydrogens is 374 g/mol. The van der Waals surface area contributed by atoms with Gasteiger partial charge in [-0.15, -0.1) is 0 Å². The zero-order valence-corrected chi connectivity index (χ0v) is 16.3. The van der Waals surface area contributed by atoms with Gasteiger partial charge in [0.25, 0.3) is 10.0 Å². The van der Waals surface area contributed by atoms with E-state index in [0.29, 0.717) is 30.3 Å². The molecule has 0 aliphatic carbocycles. The third-order valence-electron chi connectivity index (χ3n) is 4.51. The van der Waals surface area contributed by atoms with Crippen LogP contribution >= 0.6 is 0 Å². The van der Waals surface area contributed by atoms with Crippen LogP contribution in [0.15, 0.2) is 83.8 Å². The minimum absolute atomic E-state index is 0.126. The van der Waals surface area contributed by atoms with Crippen LogP contribution < -0.4 is 9.04 Å². The van der Waals surface area contributed by atoms with Gasteiger partial charge in [-0.2, -0.15) is 0 Å². The Hall–Kier alpha value is -2.83. The smallest absolute Gasteiger partial charge is 0.268 e. The highest BCUT2D eigenvalue weighted by molar-refractivity contribution is 7.93. The molecule has 0 bridgehead atoms. The van der Waals surface area contributed by atoms with Gasteiger partial charge in [0, 0.05) is 6.07 Å². The number of hydrogen-bond acceptors (Lipinski definition) is 4. The molecule has 3 aromatic rings. The van der Waals surface area contributed by atoms with Crippen molar-refractivity contribution in [3.05, 3.63) is 84.4 Å². The van der Waals surface area contributed by atoms with Crippen molar-refractivity contribution in [1.29, 1.82) is 0 Å². The van der Waals surface area contributed by atoms with Gasteiger partial charge in [-0.3, -0.25) is 0 Å². The van der Waals surface area contributed by atoms with Crippen molar-refractivity contribution in [1.82, 2.24) is 0 Å². The number of benzene rings is 3. The molecule has 0 amide bonds. The first kappa shape index (κ1) is 18.5. The second kappa shape index (κ2) is 7.66. The maximum absolute atomic E-state index is 13.5. The SMILES string of the molecule is Cc1ccc(N(c2ccccc2)S(=O)(=O)c2ccccc2)cc1OCC1CO1. The molecule has 1 atom stereocenters. The van der Waals surface area contributed by atoms with Crippen molar-refractivity contribution >= 4 is 21.4 Å². The summed E-state index contributed by atoms with van der Waals surface area (Å²) >= 11 is 0. The van der Waals surface area contributed by atoms with Crippen molar-refractivity contribution in [3.8, 4) is 5.75 Å². The van der Waals surface area contributed by atoms with E-state index >= 15 is 0 Å². The molecule has 144 valence electrons. The molecule has 0 spiro atoms. The van der Waals surface area contributed by atoms with Crippen LogP contribution in [0.2, 0.25) is 0 Å². The lowest BCUT2D eigenvalue weighted by atomic mass is 10.2. The van der Waals surface area contributed by atoms with Gasteiger partial charge in [0.15, 0.2) is 0 Å². The van der Waals surface area contributed by atoms with E-state index in [4.69, 9.17) is 9.47 Å². The van der Waals surface area contributed by atoms with Gasteiger partial charge in [-0.05, 0) is 42.8 Å². The highest BCUT2D eigenvalue weighted by atomic mass is 32.2. The van der Waals surface area contributed by atoms with Gasteiger partial charge in [-0.1, -0.05) is 42.5 Å². The van der Waals surface area contributed by atoms with E-state index in [0.717, 1.165) is 5.56 Å². The minimum atomic E-state index is -3.80. The van der Waals surface area contributed by atoms with E-state index in [1.807, 2.05) is 31.2 Å². The van der Waals surface area contributed by atoms with Crippen LogP contribution in [0.3, 0.4) is 0 Å². The molecule has 28 heavy (non-hydrogen) atoms. The summed E-state index contributed by atoms with van der Waals surface area (Å²) in [5, 5.41) is 0. The molecule has 1 saturated heterocycles. The summed E-state index contributed by atoms with van der Waals surface area (Å²) in [5.74, 6) is 0.650. The zero-order chi connectivity index (χ0) is 19.6. The fourth-order valence-electron chi connectivity index (χ4n) is 2.91. The van der Waals surface area contributed by atoms with Crippen LogP contribution in [0.5, 0.6) is 5.75 Å². The number of sulfonamides is 1. The number of anilines is 2. The Morgan fingerprint density at radius 1 is 0.964 bits per heavy atom. The lowest BCUT2D eigenvalue weighted by Gasteiger charge is -2.25. The highest BCUT2D eigenvalue weighted by Crippen LogP contribution is 2.35. The molecule has 0 radical (unpaired) electrons. The zero-order valence-electron chi connectivity index (χ0n) is 15.5. The number of rotatable bonds is 7. The number of aryl methyl sites for hydroxylation is 1. The van der Waals surface area contributed by atoms with E-state index in [2.05, 4.69) is 0 Å². The summed E-state index contributed by atoms with van der Waals surface area (Å²) in [6.45, 7) is 3.10. The van der Waals surface area contributed by atoms with E-state index in [9.17, 15) is 8.42 Å². The average Bonchev–Trinajstić information content (AvgIpc) is 3.54. The predicted octanol–water partition coefficient (Wildman–Crippen LogP) is 4.30. The molecular formula is C22H21NO4S. The molecule has 1 unspecified atom stereocenters. The standard InChI is InChI=1S/C22H21NO4S/c1-17-12-13-19(14-22(17)27-16-20-15-26-20)23(18-8-4-2-5-9-18)28(24,25)21-10-6-3-7-11-21/h2-14,20H,15-16H2,1H3. The molecule has 0 N–H and O–H groups in total. The fraction of sp³-hybridized carbons (Fsp3) is 0.182. The lowest BCUT2D eigenvalue weighted by molar-refractivity contribution is 0.262. The Bertz CT molecular complexity index is 1050. The summed E-state index contributed by atoms with van der Waals surface area (Å²) in [5.41, 5.74) is 2.02. The molecule has 1 aliphatic rings. The Morgan fingerprint density at radius 3 is 2.25 bits per heavy atom. The average molecular weight is 395 g/mol. The maximum atomic E-state index is 13.5. The van der Waals surface area contributed by atoms with Crippen LogP contribution in [-0.2, 0) is 14.8 Å². The van der Waals surface area contributed by atoms with E-state index in [-0.39, 0.29) is 11.0 Å². The van der Waals surface area contributed by atoms with E-state index < -0.39 is 10.0 Å². The third-order valence-corrected chi connectivity index (χ3v) is 6.28. The normalized spacial score (nSPS) is 15.8. The predicted molar refractivity (Wildman–Crippen MR) is 109 cm³/mol. The number of hydrogen-bond donors (Lipinski definition) is 0. The van der Waals surface area contributed by atoms with Crippen LogP contribution in [0, 0.1) is 6.92 Å². The van der Waals surface area contributed by atoms with Crippen LogP contribution in [0.25, 0.3) is 0 Å². The van der Waals surface area contributed by atoms with Gasteiger partial charge in [0.1, 0.15) is 18.5 Å². The number of epoxide rings is 1. The topological polar surface area (TPSA) is 59.1 Å². The summed E-state index contributed by atoms with van der Waals surface area (Å²) in [7, 11) is -3.80. The van der Waals surface area contributed by atoms with Gasteiger partial charge in [-0.25, -0.2) is 12.7 Å². The molecule has 1 fully saturated rings. The monoisotopic (exact) mass is 395 g/mol. The van der Waals surface area contributed by atoms with E-state index in [1.165, 1.54) is 4.31 Å². The Balaban J connectivity index is 1.79. The van der Waals surface area contributed by atoms with Crippen LogP contribution in [0.1, 0.15) is 5.56 Å². The maximum Gasteiger partial charge on any atom is 0.268 e. The molecule has 6 heteroatoms. The Labute approximate surface area is 165 Å². The lowest BCUT2D eigenvalue weighted by Crippen LogP contribution is -2.26. The van der Waals surface area contributed by atoms with Crippen LogP contribution in [-0.4, -0.2) is 27.7 Å². The second-order valence-corrected chi connectivity index (χ2v) is 8.42. The largest absolute Gasteiger partial charge is 0.490 e. The second-order valence-electron chi connectivity index (χ2n) is 6.63. The van der Waals surface area contributed by atoms with E-state index in [1.54, 1.807) is 54.6 Å². The molecule has 0 saturated carbocycles. The van der Waals surface area contributed by atoms with Crippen molar-refractivity contribution < 1.29 is 17.9 Å². The quantitative estimate of drug-likeness (QED) is 0.560. The summed E-state index contributed by atoms with van der Waals surface area (Å²) in [6.07, 6.45) is 0.126. The summed E-state index contributed by atoms with van der Waals surface area (Å²) in [6, 6.07) is 22.9. The fourth-order valence-corrected chi connectivity index (χ4v) is 4.41. The Morgan fingerprint density at radius 2 is 1.61 bits per heavy atom. The van der Waals surface area contributed by atoms with Crippen molar-refractivity contribution in [3.63, 3.8) is 0 Å². The number of nitrogens with zero attached hydrogens (tertiary/aromatic N) is 1. The van der Waals surface area contributed by atoms with Gasteiger partial charge >= 0.3 is 0 Å². The molecule has 0 aromatic heterocycles. The van der Waals surface area contributed by atoms with Gasteiger partial charge < -0.3 is 9.47 Å². The third kappa shape index (κ3) is 3.88. The van der Waals surface area contributed by atoms with Gasteiger partial charge in [0.2, 0.25) is 0 Å². The van der Waals surface area contributed by atoms with Crippen molar-refractivity contribution in [2.75, 3.05) is 17.5 Å². The minimum Gasteiger partial charge on any atom is -0.490 e. The van der Waals surface area contributed by atoms with Crippen molar-refractivity contribution in [2.24, 2.45) is 0 Å². The first-order valence-electron chi connectivity index (χ1n) is 9.06. The van der Waals surface area contributed by atoms with Gasteiger partial charge in [0.05, 0.1) is 22.9 Å². The molecule has 1 heterocycles. The van der Waals surface area contributed by atoms with Crippen molar-refractivity contribution in [2.45, 2.75) is 17.9 Å². The first-order chi connectivity index (χ1) is 13.6. The first-order valence-corrected chi connectivity index (χ1v) is 10.5. The molecule has 3 aromatic carbocycles. The van der Waals surface area contributed by atoms with Crippen LogP contribution in [0.4, 0.5) is 11.4 Å².